The van der Waals surface area contributed by atoms with Crippen molar-refractivity contribution in [2.24, 2.45) is 5.22 Å². The zero-order valence-corrected chi connectivity index (χ0v) is 15.8. The fraction of sp³-hybridized carbons (Fsp3) is 0.0870. The molecule has 0 aliphatic heterocycles. The number of nitrogens with one attached hydrogen (secondary N) is 2. The van der Waals surface area contributed by atoms with Crippen LogP contribution in [0, 0.1) is 13.8 Å². The van der Waals surface area contributed by atoms with Gasteiger partial charge in [0, 0.05) is 11.3 Å². The second-order valence-corrected chi connectivity index (χ2v) is 6.47. The van der Waals surface area contributed by atoms with Crippen LogP contribution in [0.1, 0.15) is 22.3 Å². The number of carbonyl (C=O) groups excluding carboxylic acids is 1. The van der Waals surface area contributed by atoms with Crippen molar-refractivity contribution in [3.8, 4) is 11.1 Å². The number of nitrogens with zero attached hydrogens (tertiary/aromatic N) is 2. The average molecular weight is 369 g/mol. The van der Waals surface area contributed by atoms with E-state index in [0.29, 0.717) is 5.69 Å². The van der Waals surface area contributed by atoms with Crippen LogP contribution in [-0.4, -0.2) is 6.03 Å². The lowest BCUT2D eigenvalue weighted by atomic mass is 9.98. The van der Waals surface area contributed by atoms with Crippen LogP contribution in [-0.2, 0) is 0 Å². The normalized spacial score (nSPS) is 10.6. The van der Waals surface area contributed by atoms with Gasteiger partial charge >= 0.3 is 0 Å². The van der Waals surface area contributed by atoms with Crippen molar-refractivity contribution in [1.29, 1.82) is 0 Å². The Kier molecular flexibility index (Phi) is 5.97. The minimum absolute atomic E-state index is 0.605. The summed E-state index contributed by atoms with van der Waals surface area (Å²) in [4.78, 5) is 11.7. The molecule has 0 fully saturated rings. The van der Waals surface area contributed by atoms with Crippen molar-refractivity contribution in [1.82, 2.24) is 5.43 Å². The molecule has 0 unspecified atom stereocenters. The van der Waals surface area contributed by atoms with Gasteiger partial charge in [-0.25, -0.2) is 0 Å². The summed E-state index contributed by atoms with van der Waals surface area (Å²) in [5, 5.41) is 5.32. The lowest BCUT2D eigenvalue weighted by Crippen LogP contribution is -2.23. The number of amides is 2. The standard InChI is InChI=1S/C23H21N4O/c1-16-7-6-10-22(25-23(28)26-27-24)21(16)14-13-18-11-12-20(15-17(18)2)19-8-4-3-5-9-19/h3-15H,1-2H3,(H2-,24,25,26,28)/q-1/b14-13+. The molecule has 0 aliphatic carbocycles. The molecule has 0 spiro atoms. The van der Waals surface area contributed by atoms with Gasteiger partial charge in [0.05, 0.1) is 0 Å². The van der Waals surface area contributed by atoms with Crippen molar-refractivity contribution in [2.45, 2.75) is 13.8 Å². The van der Waals surface area contributed by atoms with Crippen molar-refractivity contribution in [3.63, 3.8) is 0 Å². The minimum Gasteiger partial charge on any atom is -0.362 e. The van der Waals surface area contributed by atoms with E-state index >= 15 is 0 Å². The van der Waals surface area contributed by atoms with Gasteiger partial charge in [-0.05, 0) is 47.7 Å². The van der Waals surface area contributed by atoms with Gasteiger partial charge < -0.3 is 16.3 Å². The molecule has 0 saturated carbocycles. The molecule has 0 saturated heterocycles. The number of carbonyl (C=O) groups is 1. The van der Waals surface area contributed by atoms with E-state index in [0.717, 1.165) is 22.3 Å². The molecule has 0 bridgehead atoms. The second kappa shape index (κ2) is 8.77. The molecule has 3 rings (SSSR count). The summed E-state index contributed by atoms with van der Waals surface area (Å²) in [6.45, 7) is 4.06. The first-order valence-electron chi connectivity index (χ1n) is 8.93. The van der Waals surface area contributed by atoms with Crippen LogP contribution in [0.3, 0.4) is 0 Å². The summed E-state index contributed by atoms with van der Waals surface area (Å²) in [6, 6.07) is 21.7. The molecule has 0 aliphatic rings. The molecule has 5 nitrogen and oxygen atoms in total. The van der Waals surface area contributed by atoms with E-state index in [1.165, 1.54) is 11.1 Å². The molecule has 0 radical (unpaired) electrons. The summed E-state index contributed by atoms with van der Waals surface area (Å²) in [7, 11) is 0. The van der Waals surface area contributed by atoms with Crippen molar-refractivity contribution < 1.29 is 4.79 Å². The predicted molar refractivity (Wildman–Crippen MR) is 115 cm³/mol. The molecule has 2 N–H and O–H groups in total. The molecule has 140 valence electrons. The van der Waals surface area contributed by atoms with Gasteiger partial charge in [-0.3, -0.25) is 10.0 Å². The van der Waals surface area contributed by atoms with Crippen molar-refractivity contribution in [2.75, 3.05) is 5.32 Å². The third-order valence-electron chi connectivity index (χ3n) is 4.53. The quantitative estimate of drug-likeness (QED) is 0.313. The van der Waals surface area contributed by atoms with E-state index in [9.17, 15) is 4.79 Å². The van der Waals surface area contributed by atoms with Gasteiger partial charge in [-0.1, -0.05) is 72.8 Å². The molecule has 28 heavy (non-hydrogen) atoms. The van der Waals surface area contributed by atoms with Gasteiger partial charge in [0.2, 0.25) is 0 Å². The van der Waals surface area contributed by atoms with E-state index < -0.39 is 6.03 Å². The van der Waals surface area contributed by atoms with Crippen molar-refractivity contribution >= 4 is 23.9 Å². The summed E-state index contributed by atoms with van der Waals surface area (Å²) in [6.07, 6.45) is 4.01. The zero-order chi connectivity index (χ0) is 19.9. The van der Waals surface area contributed by atoms with Crippen LogP contribution < -0.4 is 10.7 Å². The Morgan fingerprint density at radius 3 is 2.39 bits per heavy atom. The van der Waals surface area contributed by atoms with Gasteiger partial charge in [0.15, 0.2) is 0 Å². The van der Waals surface area contributed by atoms with Gasteiger partial charge in [-0.2, -0.15) is 0 Å². The topological polar surface area (TPSA) is 75.8 Å². The van der Waals surface area contributed by atoms with E-state index in [4.69, 9.17) is 5.53 Å². The highest BCUT2D eigenvalue weighted by Crippen LogP contribution is 2.25. The van der Waals surface area contributed by atoms with E-state index in [-0.39, 0.29) is 0 Å². The van der Waals surface area contributed by atoms with Crippen LogP contribution in [0.5, 0.6) is 0 Å². The van der Waals surface area contributed by atoms with E-state index in [1.54, 1.807) is 6.07 Å². The maximum absolute atomic E-state index is 11.7. The highest BCUT2D eigenvalue weighted by Gasteiger charge is 2.05. The van der Waals surface area contributed by atoms with Gasteiger partial charge in [0.25, 0.3) is 6.03 Å². The summed E-state index contributed by atoms with van der Waals surface area (Å²) >= 11 is 0. The molecule has 0 heterocycles. The molecule has 0 aromatic heterocycles. The fourth-order valence-electron chi connectivity index (χ4n) is 3.05. The maximum Gasteiger partial charge on any atom is 0.254 e. The van der Waals surface area contributed by atoms with Crippen LogP contribution >= 0.6 is 0 Å². The van der Waals surface area contributed by atoms with Crippen LogP contribution in [0.4, 0.5) is 10.5 Å². The van der Waals surface area contributed by atoms with Gasteiger partial charge in [0.1, 0.15) is 0 Å². The third kappa shape index (κ3) is 4.51. The number of anilines is 1. The minimum atomic E-state index is -0.605. The Morgan fingerprint density at radius 1 is 0.893 bits per heavy atom. The fourth-order valence-corrected chi connectivity index (χ4v) is 3.05. The Bertz CT molecular complexity index is 1030. The maximum atomic E-state index is 11.7. The molecule has 2 amide bonds. The summed E-state index contributed by atoms with van der Waals surface area (Å²) in [5.41, 5.74) is 17.6. The lowest BCUT2D eigenvalue weighted by Gasteiger charge is -2.13. The Balaban J connectivity index is 1.88. The van der Waals surface area contributed by atoms with E-state index in [2.05, 4.69) is 47.8 Å². The number of aryl methyl sites for hydroxylation is 2. The summed E-state index contributed by atoms with van der Waals surface area (Å²) in [5.74, 6) is 0. The van der Waals surface area contributed by atoms with Crippen molar-refractivity contribution in [3.05, 3.63) is 94.5 Å². The number of benzene rings is 3. The summed E-state index contributed by atoms with van der Waals surface area (Å²) < 4.78 is 0. The molecule has 0 atom stereocenters. The SMILES string of the molecule is Cc1cc(-c2ccccc2)ccc1/C=C/c1c(C)cccc1NC(=O)NN=[N-]. The Hall–Kier alpha value is -3.73. The monoisotopic (exact) mass is 369 g/mol. The number of urea groups is 1. The molecular formula is C23H21N4O-. The first-order valence-corrected chi connectivity index (χ1v) is 8.93. The molecule has 5 heteroatoms. The first kappa shape index (κ1) is 19.0. The smallest absolute Gasteiger partial charge is 0.254 e. The highest BCUT2D eigenvalue weighted by molar-refractivity contribution is 5.93. The van der Waals surface area contributed by atoms with Crippen LogP contribution in [0.25, 0.3) is 28.8 Å². The molecular weight excluding hydrogens is 348 g/mol. The van der Waals surface area contributed by atoms with E-state index in [1.807, 2.05) is 54.8 Å². The molecule has 3 aromatic rings. The van der Waals surface area contributed by atoms with Gasteiger partial charge in [-0.15, -0.1) is 0 Å². The highest BCUT2D eigenvalue weighted by atomic mass is 16.2. The Labute approximate surface area is 164 Å². The zero-order valence-electron chi connectivity index (χ0n) is 15.8. The Morgan fingerprint density at radius 2 is 1.68 bits per heavy atom. The van der Waals surface area contributed by atoms with Crippen LogP contribution in [0.2, 0.25) is 0 Å². The first-order chi connectivity index (χ1) is 13.6. The van der Waals surface area contributed by atoms with Crippen LogP contribution in [0.15, 0.2) is 72.0 Å². The predicted octanol–water partition coefficient (Wildman–Crippen LogP) is 6.20. The molecule has 3 aromatic carbocycles. The number of hydrogen-bond acceptors (Lipinski definition) is 2. The number of hydrogen-bond donors (Lipinski definition) is 2. The lowest BCUT2D eigenvalue weighted by molar-refractivity contribution is 0.252. The average Bonchev–Trinajstić information content (AvgIpc) is 2.69. The number of rotatable bonds is 5. The second-order valence-electron chi connectivity index (χ2n) is 6.47. The third-order valence-corrected chi connectivity index (χ3v) is 4.53. The largest absolute Gasteiger partial charge is 0.362 e.